The Morgan fingerprint density at radius 3 is 2.64 bits per heavy atom. The molecule has 4 rings (SSSR count). The number of para-hydroxylation sites is 1. The lowest BCUT2D eigenvalue weighted by molar-refractivity contribution is -0.385. The van der Waals surface area contributed by atoms with Gasteiger partial charge in [-0.25, -0.2) is 4.98 Å². The maximum atomic E-state index is 13.8. The number of nitro benzene ring substituents is 1. The summed E-state index contributed by atoms with van der Waals surface area (Å²) in [5.41, 5.74) is 2.32. The maximum absolute atomic E-state index is 13.8. The summed E-state index contributed by atoms with van der Waals surface area (Å²) in [7, 11) is 1.92. The fourth-order valence-electron chi connectivity index (χ4n) is 6.06. The topological polar surface area (TPSA) is 124 Å². The van der Waals surface area contributed by atoms with Gasteiger partial charge < -0.3 is 18.9 Å². The van der Waals surface area contributed by atoms with E-state index in [1.54, 1.807) is 24.4 Å². The summed E-state index contributed by atoms with van der Waals surface area (Å²) in [6.45, 7) is 11.0. The van der Waals surface area contributed by atoms with Crippen molar-refractivity contribution < 1.29 is 19.2 Å². The number of rotatable bonds is 14. The van der Waals surface area contributed by atoms with Crippen LogP contribution in [-0.4, -0.2) is 51.6 Å². The van der Waals surface area contributed by atoms with Crippen molar-refractivity contribution in [3.63, 3.8) is 0 Å². The Balaban J connectivity index is 1.67. The van der Waals surface area contributed by atoms with Crippen LogP contribution >= 0.6 is 0 Å². The van der Waals surface area contributed by atoms with Gasteiger partial charge in [-0.1, -0.05) is 39.0 Å². The Hall–Kier alpha value is -4.49. The number of carbonyl (C=O) groups is 1. The highest BCUT2D eigenvalue weighted by atomic mass is 16.6. The van der Waals surface area contributed by atoms with Crippen molar-refractivity contribution in [3.05, 3.63) is 81.9 Å². The van der Waals surface area contributed by atoms with E-state index in [4.69, 9.17) is 9.47 Å². The molecular weight excluding hydrogens is 594 g/mol. The quantitative estimate of drug-likeness (QED) is 0.101. The molecule has 1 aliphatic rings. The van der Waals surface area contributed by atoms with Crippen LogP contribution < -0.4 is 4.74 Å². The van der Waals surface area contributed by atoms with Crippen LogP contribution in [0, 0.1) is 38.7 Å². The first kappa shape index (κ1) is 35.4. The van der Waals surface area contributed by atoms with E-state index in [-0.39, 0.29) is 35.3 Å². The minimum Gasteiger partial charge on any atom is -0.493 e. The van der Waals surface area contributed by atoms with Crippen LogP contribution in [0.2, 0.25) is 0 Å². The van der Waals surface area contributed by atoms with Gasteiger partial charge in [0, 0.05) is 62.8 Å². The first-order chi connectivity index (χ1) is 22.5. The van der Waals surface area contributed by atoms with Crippen molar-refractivity contribution >= 4 is 17.7 Å². The summed E-state index contributed by atoms with van der Waals surface area (Å²) in [5.74, 6) is 1.35. The number of ether oxygens (including phenoxy) is 2. The number of aryl methyl sites for hydroxylation is 1. The summed E-state index contributed by atoms with van der Waals surface area (Å²) in [4.78, 5) is 31.9. The molecule has 0 radical (unpaired) electrons. The summed E-state index contributed by atoms with van der Waals surface area (Å²) < 4.78 is 13.4. The number of nitriles is 1. The van der Waals surface area contributed by atoms with E-state index in [0.29, 0.717) is 56.2 Å². The fourth-order valence-corrected chi connectivity index (χ4v) is 6.06. The lowest BCUT2D eigenvalue weighted by Gasteiger charge is -2.31. The Kier molecular flexibility index (Phi) is 12.3. The number of amides is 1. The third-order valence-corrected chi connectivity index (χ3v) is 8.80. The third-order valence-electron chi connectivity index (χ3n) is 8.80. The van der Waals surface area contributed by atoms with Gasteiger partial charge in [0.1, 0.15) is 11.6 Å². The van der Waals surface area contributed by atoms with Crippen molar-refractivity contribution in [2.24, 2.45) is 24.3 Å². The first-order valence-electron chi connectivity index (χ1n) is 16.4. The number of hydrogen-bond donors (Lipinski definition) is 0. The summed E-state index contributed by atoms with van der Waals surface area (Å²) >= 11 is 0. The molecule has 2 heterocycles. The summed E-state index contributed by atoms with van der Waals surface area (Å²) in [6.07, 6.45) is 8.30. The number of imidazole rings is 1. The molecule has 0 spiro atoms. The van der Waals surface area contributed by atoms with Gasteiger partial charge in [-0.15, -0.1) is 0 Å². The second-order valence-electron chi connectivity index (χ2n) is 13.3. The van der Waals surface area contributed by atoms with E-state index in [9.17, 15) is 20.2 Å². The van der Waals surface area contributed by atoms with Crippen molar-refractivity contribution in [3.8, 4) is 22.9 Å². The molecule has 0 N–H and O–H groups in total. The van der Waals surface area contributed by atoms with E-state index in [1.807, 2.05) is 53.9 Å². The lowest BCUT2D eigenvalue weighted by Crippen LogP contribution is -2.35. The van der Waals surface area contributed by atoms with E-state index in [2.05, 4.69) is 31.8 Å². The number of allylic oxidation sites excluding steroid dienone is 1. The van der Waals surface area contributed by atoms with Crippen LogP contribution in [0.5, 0.6) is 5.75 Å². The molecule has 1 amide bonds. The molecule has 1 fully saturated rings. The van der Waals surface area contributed by atoms with Gasteiger partial charge in [0.2, 0.25) is 5.91 Å². The Morgan fingerprint density at radius 2 is 2.00 bits per heavy atom. The standard InChI is InChI=1S/C37H47N5O5/c1-6-47-34-10-8-7-9-32(34)28-11-13-33(42(44)45)29(23-28)24-30(25-38)31(27-15-21-46-22-16-27)12-14-36(43)41(19-17-37(2,3)4)26-35-39-18-20-40(35)5/h7-11,13,18,20,23-24,27,31H,6,12,14-17,19,21-22,26H2,1-5H3. The van der Waals surface area contributed by atoms with E-state index in [1.165, 1.54) is 6.07 Å². The predicted molar refractivity (Wildman–Crippen MR) is 182 cm³/mol. The average Bonchev–Trinajstić information content (AvgIpc) is 3.46. The monoisotopic (exact) mass is 641 g/mol. The maximum Gasteiger partial charge on any atom is 0.276 e. The molecule has 250 valence electrons. The SMILES string of the molecule is CCOc1ccccc1-c1ccc([N+](=O)[O-])c(C=C(C#N)C(CCC(=O)N(CCC(C)(C)C)Cc2nccn2C)C2CCOCC2)c1. The number of aromatic nitrogens is 2. The minimum absolute atomic E-state index is 0.00658. The molecule has 2 aromatic carbocycles. The summed E-state index contributed by atoms with van der Waals surface area (Å²) in [5, 5.41) is 22.7. The number of nitro groups is 1. The smallest absolute Gasteiger partial charge is 0.276 e. The molecule has 0 aliphatic carbocycles. The number of nitrogens with zero attached hydrogens (tertiary/aromatic N) is 5. The zero-order chi connectivity index (χ0) is 34.0. The second kappa shape index (κ2) is 16.4. The predicted octanol–water partition coefficient (Wildman–Crippen LogP) is 7.59. The van der Waals surface area contributed by atoms with Crippen molar-refractivity contribution in [2.75, 3.05) is 26.4 Å². The Bertz CT molecular complexity index is 1590. The molecule has 0 saturated carbocycles. The largest absolute Gasteiger partial charge is 0.493 e. The molecule has 1 saturated heterocycles. The molecule has 3 aromatic rings. The van der Waals surface area contributed by atoms with Gasteiger partial charge in [-0.05, 0) is 79.7 Å². The lowest BCUT2D eigenvalue weighted by atomic mass is 9.78. The minimum atomic E-state index is -0.420. The van der Waals surface area contributed by atoms with Crippen LogP contribution in [-0.2, 0) is 23.1 Å². The normalized spacial score (nSPS) is 14.8. The first-order valence-corrected chi connectivity index (χ1v) is 16.4. The van der Waals surface area contributed by atoms with Crippen molar-refractivity contribution in [1.82, 2.24) is 14.5 Å². The molecule has 0 bridgehead atoms. The zero-order valence-electron chi connectivity index (χ0n) is 28.3. The molecular formula is C37H47N5O5. The van der Waals surface area contributed by atoms with Crippen LogP contribution in [0.25, 0.3) is 17.2 Å². The number of benzene rings is 2. The average molecular weight is 642 g/mol. The molecule has 1 aromatic heterocycles. The highest BCUT2D eigenvalue weighted by Crippen LogP contribution is 2.37. The number of hydrogen-bond acceptors (Lipinski definition) is 7. The van der Waals surface area contributed by atoms with E-state index < -0.39 is 4.92 Å². The Morgan fingerprint density at radius 1 is 1.26 bits per heavy atom. The zero-order valence-corrected chi connectivity index (χ0v) is 28.3. The van der Waals surface area contributed by atoms with Gasteiger partial charge in [-0.2, -0.15) is 5.26 Å². The van der Waals surface area contributed by atoms with Crippen LogP contribution in [0.15, 0.2) is 60.4 Å². The Labute approximate surface area is 278 Å². The van der Waals surface area contributed by atoms with Crippen molar-refractivity contribution in [1.29, 1.82) is 5.26 Å². The highest BCUT2D eigenvalue weighted by Gasteiger charge is 2.30. The van der Waals surface area contributed by atoms with Gasteiger partial charge in [-0.3, -0.25) is 14.9 Å². The van der Waals surface area contributed by atoms with Crippen LogP contribution in [0.4, 0.5) is 5.69 Å². The van der Waals surface area contributed by atoms with Gasteiger partial charge >= 0.3 is 0 Å². The number of carbonyl (C=O) groups excluding carboxylic acids is 1. The van der Waals surface area contributed by atoms with Crippen LogP contribution in [0.1, 0.15) is 71.2 Å². The van der Waals surface area contributed by atoms with Gasteiger partial charge in [0.25, 0.3) is 5.69 Å². The van der Waals surface area contributed by atoms with E-state index in [0.717, 1.165) is 36.2 Å². The fraction of sp³-hybridized carbons (Fsp3) is 0.486. The second-order valence-corrected chi connectivity index (χ2v) is 13.3. The molecule has 47 heavy (non-hydrogen) atoms. The van der Waals surface area contributed by atoms with Gasteiger partial charge in [0.05, 0.1) is 29.7 Å². The highest BCUT2D eigenvalue weighted by molar-refractivity contribution is 5.78. The molecule has 10 heteroatoms. The van der Waals surface area contributed by atoms with Crippen LogP contribution in [0.3, 0.4) is 0 Å². The van der Waals surface area contributed by atoms with Crippen molar-refractivity contribution in [2.45, 2.75) is 66.3 Å². The molecule has 1 aliphatic heterocycles. The third kappa shape index (κ3) is 9.75. The molecule has 1 unspecified atom stereocenters. The molecule has 10 nitrogen and oxygen atoms in total. The molecule has 1 atom stereocenters. The summed E-state index contributed by atoms with van der Waals surface area (Å²) in [6, 6.07) is 14.9. The van der Waals surface area contributed by atoms with Gasteiger partial charge in [0.15, 0.2) is 0 Å². The van der Waals surface area contributed by atoms with E-state index >= 15 is 0 Å².